The molecule has 0 saturated carbocycles. The van der Waals surface area contributed by atoms with Gasteiger partial charge in [0.1, 0.15) is 12.4 Å². The van der Waals surface area contributed by atoms with E-state index < -0.39 is 0 Å². The summed E-state index contributed by atoms with van der Waals surface area (Å²) in [7, 11) is 0. The average Bonchev–Trinajstić information content (AvgIpc) is 2.76. The maximum absolute atomic E-state index is 5.74. The number of rotatable bonds is 5. The first-order valence-electron chi connectivity index (χ1n) is 6.16. The van der Waals surface area contributed by atoms with Crippen molar-refractivity contribution in [1.82, 2.24) is 10.3 Å². The molecule has 0 radical (unpaired) electrons. The second-order valence-electron chi connectivity index (χ2n) is 4.40. The van der Waals surface area contributed by atoms with E-state index in [0.717, 1.165) is 24.8 Å². The highest BCUT2D eigenvalue weighted by Gasteiger charge is 2.26. The van der Waals surface area contributed by atoms with Crippen LogP contribution in [0.4, 0.5) is 0 Å². The van der Waals surface area contributed by atoms with Crippen LogP contribution in [0, 0.1) is 5.92 Å². The van der Waals surface area contributed by atoms with E-state index in [-0.39, 0.29) is 24.8 Å². The summed E-state index contributed by atoms with van der Waals surface area (Å²) >= 11 is 0. The van der Waals surface area contributed by atoms with Crippen LogP contribution in [0.3, 0.4) is 0 Å². The smallest absolute Gasteiger partial charge is 0.137 e. The highest BCUT2D eigenvalue weighted by Crippen LogP contribution is 2.21. The molecule has 0 amide bonds. The van der Waals surface area contributed by atoms with E-state index in [1.54, 1.807) is 12.4 Å². The molecule has 0 aromatic carbocycles. The molecule has 5 heteroatoms. The first-order chi connectivity index (χ1) is 7.90. The Hall–Kier alpha value is -0.510. The fourth-order valence-corrected chi connectivity index (χ4v) is 2.35. The minimum absolute atomic E-state index is 0. The number of aromatic nitrogens is 1. The van der Waals surface area contributed by atoms with Crippen molar-refractivity contribution in [3.05, 3.63) is 24.5 Å². The molecule has 0 bridgehead atoms. The van der Waals surface area contributed by atoms with Crippen LogP contribution in [0.1, 0.15) is 26.2 Å². The van der Waals surface area contributed by atoms with Crippen LogP contribution >= 0.6 is 24.8 Å². The normalized spacial score (nSPS) is 21.8. The Bertz CT molecular complexity index is 311. The maximum Gasteiger partial charge on any atom is 0.137 e. The number of nitrogens with one attached hydrogen (secondary N) is 1. The number of hydrogen-bond donors (Lipinski definition) is 1. The molecule has 2 atom stereocenters. The monoisotopic (exact) mass is 292 g/mol. The molecule has 1 N–H and O–H groups in total. The van der Waals surface area contributed by atoms with Gasteiger partial charge in [-0.2, -0.15) is 0 Å². The largest absolute Gasteiger partial charge is 0.490 e. The Morgan fingerprint density at radius 1 is 1.44 bits per heavy atom. The van der Waals surface area contributed by atoms with Crippen molar-refractivity contribution < 1.29 is 4.74 Å². The van der Waals surface area contributed by atoms with Crippen molar-refractivity contribution in [2.45, 2.75) is 32.2 Å². The topological polar surface area (TPSA) is 34.1 Å². The number of halogens is 2. The lowest BCUT2D eigenvalue weighted by Gasteiger charge is -2.19. The summed E-state index contributed by atoms with van der Waals surface area (Å²) < 4.78 is 5.74. The molecule has 1 saturated heterocycles. The third-order valence-electron chi connectivity index (χ3n) is 3.21. The van der Waals surface area contributed by atoms with Crippen LogP contribution in [-0.2, 0) is 0 Å². The third kappa shape index (κ3) is 5.01. The molecule has 1 aliphatic rings. The molecule has 104 valence electrons. The van der Waals surface area contributed by atoms with E-state index in [1.807, 2.05) is 12.1 Å². The van der Waals surface area contributed by atoms with Gasteiger partial charge in [0.2, 0.25) is 0 Å². The molecular formula is C13H22Cl2N2O. The van der Waals surface area contributed by atoms with Gasteiger partial charge in [-0.25, -0.2) is 0 Å². The Labute approximate surface area is 122 Å². The zero-order valence-electron chi connectivity index (χ0n) is 10.7. The van der Waals surface area contributed by atoms with Crippen molar-refractivity contribution in [2.75, 3.05) is 13.2 Å². The van der Waals surface area contributed by atoms with Crippen LogP contribution in [0.2, 0.25) is 0 Å². The molecule has 1 aromatic rings. The van der Waals surface area contributed by atoms with Crippen molar-refractivity contribution in [2.24, 2.45) is 5.92 Å². The molecule has 0 spiro atoms. The van der Waals surface area contributed by atoms with Gasteiger partial charge in [0.05, 0.1) is 6.20 Å². The minimum atomic E-state index is 0. The fourth-order valence-electron chi connectivity index (χ4n) is 2.35. The van der Waals surface area contributed by atoms with Crippen LogP contribution in [-0.4, -0.2) is 24.2 Å². The minimum Gasteiger partial charge on any atom is -0.490 e. The van der Waals surface area contributed by atoms with Crippen molar-refractivity contribution in [1.29, 1.82) is 0 Å². The number of pyridine rings is 1. The Morgan fingerprint density at radius 2 is 2.28 bits per heavy atom. The molecule has 2 rings (SSSR count). The molecule has 1 fully saturated rings. The van der Waals surface area contributed by atoms with Gasteiger partial charge in [-0.1, -0.05) is 13.3 Å². The number of ether oxygens (including phenoxy) is 1. The lowest BCUT2D eigenvalue weighted by Crippen LogP contribution is -2.33. The van der Waals surface area contributed by atoms with Gasteiger partial charge in [-0.05, 0) is 37.4 Å². The van der Waals surface area contributed by atoms with Gasteiger partial charge in [-0.15, -0.1) is 24.8 Å². The predicted molar refractivity (Wildman–Crippen MR) is 79.0 cm³/mol. The quantitative estimate of drug-likeness (QED) is 0.906. The van der Waals surface area contributed by atoms with Crippen LogP contribution in [0.25, 0.3) is 0 Å². The zero-order valence-corrected chi connectivity index (χ0v) is 12.3. The molecule has 1 aromatic heterocycles. The summed E-state index contributed by atoms with van der Waals surface area (Å²) in [6, 6.07) is 4.37. The van der Waals surface area contributed by atoms with E-state index in [0.29, 0.717) is 6.04 Å². The standard InChI is InChI=1S/C13H20N2O.2ClH/c1-2-4-11-6-8-15-13(11)10-16-12-5-3-7-14-9-12;;/h3,5,7,9,11,13,15H,2,4,6,8,10H2,1H3;2*1H. The second kappa shape index (κ2) is 9.42. The lowest BCUT2D eigenvalue weighted by molar-refractivity contribution is 0.241. The zero-order chi connectivity index (χ0) is 11.2. The molecule has 2 unspecified atom stereocenters. The average molecular weight is 293 g/mol. The summed E-state index contributed by atoms with van der Waals surface area (Å²) in [5, 5.41) is 3.52. The lowest BCUT2D eigenvalue weighted by atomic mass is 9.96. The van der Waals surface area contributed by atoms with E-state index in [1.165, 1.54) is 19.3 Å². The van der Waals surface area contributed by atoms with E-state index >= 15 is 0 Å². The molecular weight excluding hydrogens is 271 g/mol. The van der Waals surface area contributed by atoms with Gasteiger partial charge in [0.15, 0.2) is 0 Å². The summed E-state index contributed by atoms with van der Waals surface area (Å²) in [4.78, 5) is 4.04. The van der Waals surface area contributed by atoms with Gasteiger partial charge < -0.3 is 10.1 Å². The summed E-state index contributed by atoms with van der Waals surface area (Å²) in [6.07, 6.45) is 7.38. The molecule has 2 heterocycles. The number of hydrogen-bond acceptors (Lipinski definition) is 3. The fraction of sp³-hybridized carbons (Fsp3) is 0.615. The van der Waals surface area contributed by atoms with Crippen molar-refractivity contribution in [3.8, 4) is 5.75 Å². The van der Waals surface area contributed by atoms with Crippen LogP contribution < -0.4 is 10.1 Å². The van der Waals surface area contributed by atoms with Gasteiger partial charge in [0, 0.05) is 12.2 Å². The summed E-state index contributed by atoms with van der Waals surface area (Å²) in [5.74, 6) is 1.65. The van der Waals surface area contributed by atoms with Crippen molar-refractivity contribution >= 4 is 24.8 Å². The molecule has 3 nitrogen and oxygen atoms in total. The SMILES string of the molecule is CCCC1CCNC1COc1cccnc1.Cl.Cl. The highest BCUT2D eigenvalue weighted by atomic mass is 35.5. The highest BCUT2D eigenvalue weighted by molar-refractivity contribution is 5.85. The first-order valence-corrected chi connectivity index (χ1v) is 6.16. The maximum atomic E-state index is 5.74. The van der Waals surface area contributed by atoms with Crippen molar-refractivity contribution in [3.63, 3.8) is 0 Å². The predicted octanol–water partition coefficient (Wildman–Crippen LogP) is 3.08. The van der Waals surface area contributed by atoms with E-state index in [2.05, 4.69) is 17.2 Å². The molecule has 18 heavy (non-hydrogen) atoms. The van der Waals surface area contributed by atoms with Crippen LogP contribution in [0.5, 0.6) is 5.75 Å². The summed E-state index contributed by atoms with van der Waals surface area (Å²) in [5.41, 5.74) is 0. The Balaban J connectivity index is 0.00000144. The van der Waals surface area contributed by atoms with Gasteiger partial charge in [-0.3, -0.25) is 4.98 Å². The Kier molecular flexibility index (Phi) is 9.16. The Morgan fingerprint density at radius 3 is 2.94 bits per heavy atom. The molecule has 0 aliphatic carbocycles. The van der Waals surface area contributed by atoms with E-state index in [4.69, 9.17) is 4.74 Å². The number of nitrogens with zero attached hydrogens (tertiary/aromatic N) is 1. The van der Waals surface area contributed by atoms with Crippen LogP contribution in [0.15, 0.2) is 24.5 Å². The first kappa shape index (κ1) is 17.5. The van der Waals surface area contributed by atoms with Gasteiger partial charge in [0.25, 0.3) is 0 Å². The molecule has 1 aliphatic heterocycles. The summed E-state index contributed by atoms with van der Waals surface area (Å²) in [6.45, 7) is 4.14. The third-order valence-corrected chi connectivity index (χ3v) is 3.21. The van der Waals surface area contributed by atoms with E-state index in [9.17, 15) is 0 Å². The second-order valence-corrected chi connectivity index (χ2v) is 4.40. The van der Waals surface area contributed by atoms with Gasteiger partial charge >= 0.3 is 0 Å².